The van der Waals surface area contributed by atoms with Crippen LogP contribution in [0.5, 0.6) is 5.88 Å². The van der Waals surface area contributed by atoms with Gasteiger partial charge < -0.3 is 14.8 Å². The van der Waals surface area contributed by atoms with E-state index in [4.69, 9.17) is 14.5 Å². The van der Waals surface area contributed by atoms with E-state index in [1.54, 1.807) is 13.3 Å². The van der Waals surface area contributed by atoms with Gasteiger partial charge in [0.15, 0.2) is 0 Å². The number of rotatable bonds is 4. The molecule has 5 rings (SSSR count). The first-order valence-corrected chi connectivity index (χ1v) is 10.2. The molecule has 1 aromatic carbocycles. The number of aryl methyl sites for hydroxylation is 1. The summed E-state index contributed by atoms with van der Waals surface area (Å²) in [6, 6.07) is 6.08. The van der Waals surface area contributed by atoms with E-state index in [2.05, 4.69) is 16.4 Å². The number of ether oxygens (including phenoxy) is 2. The fourth-order valence-corrected chi connectivity index (χ4v) is 4.35. The Labute approximate surface area is 169 Å². The molecule has 0 bridgehead atoms. The standard InChI is InChI=1S/C22H24N4O3/c1-28-22-20-23-18(15-8-10-29-11-9-15)12-26(20)13-19(25-22)21(27)24-17-7-3-5-14-4-2-6-16(14)17/h3,5,7,12-13,15H,2,4,6,8-11H2,1H3,(H,24,27). The highest BCUT2D eigenvalue weighted by atomic mass is 16.5. The van der Waals surface area contributed by atoms with Crippen molar-refractivity contribution in [3.8, 4) is 5.88 Å². The lowest BCUT2D eigenvalue weighted by Crippen LogP contribution is -2.16. The van der Waals surface area contributed by atoms with E-state index in [-0.39, 0.29) is 5.91 Å². The quantitative estimate of drug-likeness (QED) is 0.737. The van der Waals surface area contributed by atoms with E-state index in [0.717, 1.165) is 56.7 Å². The minimum absolute atomic E-state index is 0.244. The highest BCUT2D eigenvalue weighted by Crippen LogP contribution is 2.30. The number of nitrogens with zero attached hydrogens (tertiary/aromatic N) is 3. The number of amides is 1. The molecular formula is C22H24N4O3. The monoisotopic (exact) mass is 392 g/mol. The summed E-state index contributed by atoms with van der Waals surface area (Å²) >= 11 is 0. The average molecular weight is 392 g/mol. The number of imidazole rings is 1. The lowest BCUT2D eigenvalue weighted by Gasteiger charge is -2.19. The topological polar surface area (TPSA) is 77.8 Å². The molecule has 2 aliphatic rings. The van der Waals surface area contributed by atoms with Crippen molar-refractivity contribution in [3.05, 3.63) is 53.1 Å². The van der Waals surface area contributed by atoms with Crippen LogP contribution in [0.1, 0.15) is 52.5 Å². The van der Waals surface area contributed by atoms with Crippen molar-refractivity contribution in [2.75, 3.05) is 25.6 Å². The Hall–Kier alpha value is -2.93. The number of aromatic nitrogens is 3. The van der Waals surface area contributed by atoms with Gasteiger partial charge in [-0.1, -0.05) is 12.1 Å². The van der Waals surface area contributed by atoms with E-state index in [1.807, 2.05) is 22.7 Å². The Bertz CT molecular complexity index is 1070. The second-order valence-electron chi connectivity index (χ2n) is 7.67. The van der Waals surface area contributed by atoms with Gasteiger partial charge in [0.05, 0.1) is 12.8 Å². The maximum absolute atomic E-state index is 13.0. The van der Waals surface area contributed by atoms with Crippen LogP contribution in [0.2, 0.25) is 0 Å². The van der Waals surface area contributed by atoms with Crippen molar-refractivity contribution in [2.24, 2.45) is 0 Å². The Balaban J connectivity index is 1.46. The summed E-state index contributed by atoms with van der Waals surface area (Å²) in [7, 11) is 1.55. The molecule has 0 spiro atoms. The lowest BCUT2D eigenvalue weighted by molar-refractivity contribution is 0.0846. The van der Waals surface area contributed by atoms with Crippen LogP contribution in [0.3, 0.4) is 0 Å². The molecule has 0 unspecified atom stereocenters. The van der Waals surface area contributed by atoms with Crippen LogP contribution in [0.4, 0.5) is 5.69 Å². The van der Waals surface area contributed by atoms with E-state index in [1.165, 1.54) is 11.1 Å². The van der Waals surface area contributed by atoms with Crippen molar-refractivity contribution in [1.29, 1.82) is 0 Å². The van der Waals surface area contributed by atoms with Gasteiger partial charge in [-0.25, -0.2) is 9.97 Å². The molecule has 2 aromatic heterocycles. The number of benzene rings is 1. The Kier molecular flexibility index (Phi) is 4.67. The second kappa shape index (κ2) is 7.48. The predicted octanol–water partition coefficient (Wildman–Crippen LogP) is 3.37. The molecule has 3 heterocycles. The molecule has 1 saturated heterocycles. The van der Waals surface area contributed by atoms with Crippen LogP contribution in [-0.2, 0) is 17.6 Å². The van der Waals surface area contributed by atoms with Gasteiger partial charge in [0, 0.05) is 37.2 Å². The maximum Gasteiger partial charge on any atom is 0.275 e. The van der Waals surface area contributed by atoms with E-state index in [9.17, 15) is 4.79 Å². The molecule has 1 amide bonds. The maximum atomic E-state index is 13.0. The van der Waals surface area contributed by atoms with Crippen LogP contribution in [0.15, 0.2) is 30.6 Å². The number of hydrogen-bond donors (Lipinski definition) is 1. The number of fused-ring (bicyclic) bond motifs is 2. The first kappa shape index (κ1) is 18.1. The highest BCUT2D eigenvalue weighted by molar-refractivity contribution is 6.03. The third kappa shape index (κ3) is 3.35. The lowest BCUT2D eigenvalue weighted by atomic mass is 9.97. The first-order chi connectivity index (χ1) is 14.2. The highest BCUT2D eigenvalue weighted by Gasteiger charge is 2.22. The van der Waals surface area contributed by atoms with Crippen LogP contribution in [-0.4, -0.2) is 40.6 Å². The zero-order chi connectivity index (χ0) is 19.8. The van der Waals surface area contributed by atoms with Gasteiger partial charge in [-0.2, -0.15) is 0 Å². The third-order valence-electron chi connectivity index (χ3n) is 5.89. The van der Waals surface area contributed by atoms with Crippen LogP contribution in [0.25, 0.3) is 5.65 Å². The number of carbonyl (C=O) groups is 1. The molecule has 0 radical (unpaired) electrons. The summed E-state index contributed by atoms with van der Waals surface area (Å²) in [6.07, 6.45) is 8.81. The molecule has 29 heavy (non-hydrogen) atoms. The Morgan fingerprint density at radius 1 is 1.21 bits per heavy atom. The van der Waals surface area contributed by atoms with Crippen LogP contribution in [0, 0.1) is 0 Å². The summed E-state index contributed by atoms with van der Waals surface area (Å²) in [5.41, 5.74) is 5.36. The minimum atomic E-state index is -0.244. The summed E-state index contributed by atoms with van der Waals surface area (Å²) in [5.74, 6) is 0.471. The van der Waals surface area contributed by atoms with Crippen molar-refractivity contribution in [2.45, 2.75) is 38.0 Å². The molecule has 0 atom stereocenters. The molecular weight excluding hydrogens is 368 g/mol. The van der Waals surface area contributed by atoms with Gasteiger partial charge in [0.25, 0.3) is 11.8 Å². The normalized spacial score (nSPS) is 16.7. The van der Waals surface area contributed by atoms with Gasteiger partial charge in [-0.15, -0.1) is 0 Å². The van der Waals surface area contributed by atoms with Gasteiger partial charge in [-0.05, 0) is 49.3 Å². The number of carbonyl (C=O) groups excluding carboxylic acids is 1. The van der Waals surface area contributed by atoms with E-state index >= 15 is 0 Å². The molecule has 1 aliphatic heterocycles. The van der Waals surface area contributed by atoms with Crippen molar-refractivity contribution in [3.63, 3.8) is 0 Å². The van der Waals surface area contributed by atoms with Gasteiger partial charge in [0.1, 0.15) is 5.69 Å². The number of methoxy groups -OCH3 is 1. The van der Waals surface area contributed by atoms with Crippen LogP contribution >= 0.6 is 0 Å². The van der Waals surface area contributed by atoms with Gasteiger partial charge in [-0.3, -0.25) is 9.20 Å². The minimum Gasteiger partial charge on any atom is -0.478 e. The molecule has 1 fully saturated rings. The first-order valence-electron chi connectivity index (χ1n) is 10.2. The zero-order valence-electron chi connectivity index (χ0n) is 16.5. The summed E-state index contributed by atoms with van der Waals surface area (Å²) in [6.45, 7) is 1.51. The molecule has 7 nitrogen and oxygen atoms in total. The summed E-state index contributed by atoms with van der Waals surface area (Å²) in [5, 5.41) is 3.04. The number of nitrogens with one attached hydrogen (secondary N) is 1. The van der Waals surface area contributed by atoms with E-state index < -0.39 is 0 Å². The average Bonchev–Trinajstić information content (AvgIpc) is 3.41. The van der Waals surface area contributed by atoms with E-state index in [0.29, 0.717) is 23.1 Å². The van der Waals surface area contributed by atoms with Gasteiger partial charge >= 0.3 is 0 Å². The molecule has 3 aromatic rings. The second-order valence-corrected chi connectivity index (χ2v) is 7.67. The fraction of sp³-hybridized carbons (Fsp3) is 0.409. The molecule has 1 N–H and O–H groups in total. The van der Waals surface area contributed by atoms with Crippen molar-refractivity contribution < 1.29 is 14.3 Å². The smallest absolute Gasteiger partial charge is 0.275 e. The zero-order valence-corrected chi connectivity index (χ0v) is 16.5. The molecule has 150 valence electrons. The van der Waals surface area contributed by atoms with Crippen LogP contribution < -0.4 is 10.1 Å². The van der Waals surface area contributed by atoms with Crippen molar-refractivity contribution >= 4 is 17.2 Å². The summed E-state index contributed by atoms with van der Waals surface area (Å²) < 4.78 is 12.7. The number of hydrogen-bond acceptors (Lipinski definition) is 5. The SMILES string of the molecule is COc1nc(C(=O)Nc2cccc3c2CCC3)cn2cc(C3CCOCC3)nc12. The van der Waals surface area contributed by atoms with Gasteiger partial charge in [0.2, 0.25) is 5.65 Å². The third-order valence-corrected chi connectivity index (χ3v) is 5.89. The number of anilines is 1. The predicted molar refractivity (Wildman–Crippen MR) is 109 cm³/mol. The largest absolute Gasteiger partial charge is 0.478 e. The Morgan fingerprint density at radius 2 is 2.07 bits per heavy atom. The molecule has 1 aliphatic carbocycles. The fourth-order valence-electron chi connectivity index (χ4n) is 4.35. The Morgan fingerprint density at radius 3 is 2.90 bits per heavy atom. The molecule has 7 heteroatoms. The summed E-state index contributed by atoms with van der Waals surface area (Å²) in [4.78, 5) is 22.1. The van der Waals surface area contributed by atoms with Crippen molar-refractivity contribution in [1.82, 2.24) is 14.4 Å². The molecule has 0 saturated carbocycles.